The number of hydrogen-bond donors (Lipinski definition) is 1. The fourth-order valence-electron chi connectivity index (χ4n) is 3.72. The zero-order chi connectivity index (χ0) is 26.8. The predicted molar refractivity (Wildman–Crippen MR) is 145 cm³/mol. The summed E-state index contributed by atoms with van der Waals surface area (Å²) in [5, 5.41) is 0.244. The fourth-order valence-corrected chi connectivity index (χ4v) is 7.93. The van der Waals surface area contributed by atoms with Gasteiger partial charge in [0.25, 0.3) is 10.0 Å². The van der Waals surface area contributed by atoms with Gasteiger partial charge >= 0.3 is 0 Å². The number of carbonyl (C=O) groups excluding carboxylic acids is 1. The molecule has 37 heavy (non-hydrogen) atoms. The van der Waals surface area contributed by atoms with Gasteiger partial charge < -0.3 is 0 Å². The quantitative estimate of drug-likeness (QED) is 0.313. The van der Waals surface area contributed by atoms with Crippen molar-refractivity contribution in [1.29, 1.82) is 0 Å². The van der Waals surface area contributed by atoms with Gasteiger partial charge in [-0.05, 0) is 67.4 Å². The molecule has 0 bridgehead atoms. The number of nitrogens with one attached hydrogen (secondary N) is 1. The number of aromatic nitrogens is 1. The first-order valence-corrected chi connectivity index (χ1v) is 15.8. The summed E-state index contributed by atoms with van der Waals surface area (Å²) in [6.45, 7) is 2.72. The standard InChI is InChI=1S/C24H23Cl2N3O5S3/c1-2-20(30)24-21(35-17-6-8-18(9-7-17)37(33,34)29-13-3-4-14-29)10-12-23(27-24)28-36(31,32)22-11-5-16(25)15-19(22)26/h5-12,15H,2-4,13-14H2,1H3,(H,27,28). The minimum absolute atomic E-state index is 0.0424. The summed E-state index contributed by atoms with van der Waals surface area (Å²) >= 11 is 13.1. The van der Waals surface area contributed by atoms with E-state index in [0.29, 0.717) is 27.9 Å². The molecule has 196 valence electrons. The van der Waals surface area contributed by atoms with Crippen molar-refractivity contribution in [3.05, 3.63) is 70.3 Å². The first-order valence-electron chi connectivity index (χ1n) is 11.3. The van der Waals surface area contributed by atoms with E-state index in [-0.39, 0.29) is 38.5 Å². The van der Waals surface area contributed by atoms with Gasteiger partial charge in [0.05, 0.1) is 9.92 Å². The molecule has 1 saturated heterocycles. The molecule has 0 amide bonds. The van der Waals surface area contributed by atoms with E-state index in [4.69, 9.17) is 23.2 Å². The molecule has 0 radical (unpaired) electrons. The van der Waals surface area contributed by atoms with Crippen LogP contribution in [0.15, 0.2) is 74.2 Å². The molecule has 13 heteroatoms. The van der Waals surface area contributed by atoms with Crippen LogP contribution in [0.1, 0.15) is 36.7 Å². The van der Waals surface area contributed by atoms with Crippen molar-refractivity contribution in [3.8, 4) is 0 Å². The Balaban J connectivity index is 1.58. The molecule has 8 nitrogen and oxygen atoms in total. The highest BCUT2D eigenvalue weighted by Crippen LogP contribution is 2.33. The maximum atomic E-state index is 12.8. The smallest absolute Gasteiger partial charge is 0.264 e. The maximum Gasteiger partial charge on any atom is 0.264 e. The molecular weight excluding hydrogens is 577 g/mol. The molecule has 3 aromatic rings. The lowest BCUT2D eigenvalue weighted by Gasteiger charge is -2.16. The van der Waals surface area contributed by atoms with E-state index < -0.39 is 20.0 Å². The van der Waals surface area contributed by atoms with E-state index in [2.05, 4.69) is 9.71 Å². The Morgan fingerprint density at radius 1 is 1.00 bits per heavy atom. The average Bonchev–Trinajstić information content (AvgIpc) is 3.40. The summed E-state index contributed by atoms with van der Waals surface area (Å²) in [5.41, 5.74) is 0.101. The van der Waals surface area contributed by atoms with Crippen LogP contribution in [0.3, 0.4) is 0 Å². The van der Waals surface area contributed by atoms with Crippen molar-refractivity contribution >= 4 is 66.6 Å². The molecule has 0 aliphatic carbocycles. The third-order valence-corrected chi connectivity index (χ3v) is 10.7. The second-order valence-electron chi connectivity index (χ2n) is 8.18. The molecule has 1 N–H and O–H groups in total. The van der Waals surface area contributed by atoms with Gasteiger partial charge in [-0.3, -0.25) is 9.52 Å². The molecule has 2 aromatic carbocycles. The maximum absolute atomic E-state index is 12.8. The molecule has 1 fully saturated rings. The molecule has 1 aromatic heterocycles. The number of halogens is 2. The van der Waals surface area contributed by atoms with Gasteiger partial charge in [0.2, 0.25) is 10.0 Å². The Morgan fingerprint density at radius 3 is 2.30 bits per heavy atom. The van der Waals surface area contributed by atoms with Gasteiger partial charge in [-0.2, -0.15) is 4.31 Å². The normalized spacial score (nSPS) is 14.6. The van der Waals surface area contributed by atoms with Gasteiger partial charge in [-0.25, -0.2) is 21.8 Å². The highest BCUT2D eigenvalue weighted by molar-refractivity contribution is 7.99. The van der Waals surface area contributed by atoms with Crippen LogP contribution in [0.25, 0.3) is 0 Å². The van der Waals surface area contributed by atoms with Crippen molar-refractivity contribution in [2.24, 2.45) is 0 Å². The van der Waals surface area contributed by atoms with Crippen LogP contribution in [0.4, 0.5) is 5.82 Å². The number of nitrogens with zero attached hydrogens (tertiary/aromatic N) is 2. The van der Waals surface area contributed by atoms with E-state index in [0.717, 1.165) is 12.8 Å². The Hall–Kier alpha value is -2.15. The van der Waals surface area contributed by atoms with Crippen molar-refractivity contribution in [2.45, 2.75) is 45.8 Å². The Bertz CT molecular complexity index is 1540. The molecule has 0 unspecified atom stereocenters. The van der Waals surface area contributed by atoms with Crippen LogP contribution in [0.2, 0.25) is 10.0 Å². The summed E-state index contributed by atoms with van der Waals surface area (Å²) in [5.74, 6) is -0.319. The van der Waals surface area contributed by atoms with Crippen LogP contribution < -0.4 is 4.72 Å². The number of hydrogen-bond acceptors (Lipinski definition) is 7. The summed E-state index contributed by atoms with van der Waals surface area (Å²) in [6.07, 6.45) is 1.87. The van der Waals surface area contributed by atoms with E-state index in [9.17, 15) is 21.6 Å². The minimum atomic E-state index is -4.09. The average molecular weight is 601 g/mol. The lowest BCUT2D eigenvalue weighted by molar-refractivity contribution is 0.0980. The Kier molecular flexibility index (Phi) is 8.51. The van der Waals surface area contributed by atoms with Gasteiger partial charge in [0, 0.05) is 34.3 Å². The van der Waals surface area contributed by atoms with Crippen LogP contribution in [-0.4, -0.2) is 45.0 Å². The molecule has 1 aliphatic heterocycles. The SMILES string of the molecule is CCC(=O)c1nc(NS(=O)(=O)c2ccc(Cl)cc2Cl)ccc1Sc1ccc(S(=O)(=O)N2CCCC2)cc1. The number of ketones is 1. The number of anilines is 1. The molecule has 0 saturated carbocycles. The number of Topliss-reactive ketones (excluding diaryl/α,β-unsaturated/α-hetero) is 1. The van der Waals surface area contributed by atoms with E-state index in [1.165, 1.54) is 40.3 Å². The van der Waals surface area contributed by atoms with Crippen molar-refractivity contribution in [3.63, 3.8) is 0 Å². The first kappa shape index (κ1) is 27.9. The van der Waals surface area contributed by atoms with Crippen LogP contribution >= 0.6 is 35.0 Å². The van der Waals surface area contributed by atoms with E-state index >= 15 is 0 Å². The summed E-state index contributed by atoms with van der Waals surface area (Å²) in [6, 6.07) is 13.5. The van der Waals surface area contributed by atoms with Crippen LogP contribution in [0, 0.1) is 0 Å². The molecule has 0 atom stereocenters. The van der Waals surface area contributed by atoms with Crippen LogP contribution in [0.5, 0.6) is 0 Å². The van der Waals surface area contributed by atoms with Crippen molar-refractivity contribution < 1.29 is 21.6 Å². The summed E-state index contributed by atoms with van der Waals surface area (Å²) in [7, 11) is -7.62. The Labute approximate surface area is 230 Å². The van der Waals surface area contributed by atoms with E-state index in [1.54, 1.807) is 37.3 Å². The van der Waals surface area contributed by atoms with Crippen LogP contribution in [-0.2, 0) is 20.0 Å². The van der Waals surface area contributed by atoms with Gasteiger partial charge in [-0.1, -0.05) is 41.9 Å². The lowest BCUT2D eigenvalue weighted by Crippen LogP contribution is -2.27. The third kappa shape index (κ3) is 6.30. The second-order valence-corrected chi connectivity index (χ2v) is 13.7. The number of sulfonamides is 2. The monoisotopic (exact) mass is 599 g/mol. The number of carbonyl (C=O) groups is 1. The number of pyridine rings is 1. The first-order chi connectivity index (χ1) is 17.5. The second kappa shape index (κ2) is 11.3. The lowest BCUT2D eigenvalue weighted by atomic mass is 10.2. The molecule has 1 aliphatic rings. The third-order valence-electron chi connectivity index (χ3n) is 5.62. The zero-order valence-electron chi connectivity index (χ0n) is 19.6. The molecule has 4 rings (SSSR count). The molecule has 0 spiro atoms. The highest BCUT2D eigenvalue weighted by atomic mass is 35.5. The fraction of sp³-hybridized carbons (Fsp3) is 0.250. The highest BCUT2D eigenvalue weighted by Gasteiger charge is 2.27. The summed E-state index contributed by atoms with van der Waals surface area (Å²) < 4.78 is 55.1. The minimum Gasteiger partial charge on any atom is -0.292 e. The topological polar surface area (TPSA) is 114 Å². The van der Waals surface area contributed by atoms with E-state index in [1.807, 2.05) is 0 Å². The van der Waals surface area contributed by atoms with Gasteiger partial charge in [0.15, 0.2) is 5.78 Å². The molecule has 2 heterocycles. The van der Waals surface area contributed by atoms with Crippen molar-refractivity contribution in [2.75, 3.05) is 17.8 Å². The summed E-state index contributed by atoms with van der Waals surface area (Å²) in [4.78, 5) is 18.2. The predicted octanol–water partition coefficient (Wildman–Crippen LogP) is 5.72. The Morgan fingerprint density at radius 2 is 1.68 bits per heavy atom. The molecular formula is C24H23Cl2N3O5S3. The number of rotatable bonds is 9. The van der Waals surface area contributed by atoms with Gasteiger partial charge in [0.1, 0.15) is 16.4 Å². The largest absolute Gasteiger partial charge is 0.292 e. The zero-order valence-corrected chi connectivity index (χ0v) is 23.6. The van der Waals surface area contributed by atoms with Gasteiger partial charge in [-0.15, -0.1) is 0 Å². The van der Waals surface area contributed by atoms with Crippen molar-refractivity contribution in [1.82, 2.24) is 9.29 Å². The number of benzene rings is 2.